The molecule has 19 heavy (non-hydrogen) atoms. The summed E-state index contributed by atoms with van der Waals surface area (Å²) in [6.07, 6.45) is 1.15. The molecule has 0 aliphatic rings. The molecule has 0 bridgehead atoms. The van der Waals surface area contributed by atoms with Crippen molar-refractivity contribution in [2.24, 2.45) is 5.92 Å². The molecule has 0 amide bonds. The predicted octanol–water partition coefficient (Wildman–Crippen LogP) is 3.44. The van der Waals surface area contributed by atoms with E-state index in [-0.39, 0.29) is 11.7 Å². The fourth-order valence-corrected chi connectivity index (χ4v) is 2.83. The van der Waals surface area contributed by atoms with Gasteiger partial charge in [0, 0.05) is 18.6 Å². The van der Waals surface area contributed by atoms with Gasteiger partial charge in [0.2, 0.25) is 0 Å². The van der Waals surface area contributed by atoms with Crippen molar-refractivity contribution in [1.29, 1.82) is 0 Å². The number of carbonyl (C=O) groups is 1. The molecule has 6 heteroatoms. The molecule has 0 aliphatic heterocycles. The topological polar surface area (TPSA) is 72.6 Å². The Labute approximate surface area is 114 Å². The van der Waals surface area contributed by atoms with E-state index < -0.39 is 5.97 Å². The second-order valence-corrected chi connectivity index (χ2v) is 5.37. The summed E-state index contributed by atoms with van der Waals surface area (Å²) in [5.74, 6) is -0.240. The highest BCUT2D eigenvalue weighted by Crippen LogP contribution is 2.31. The van der Waals surface area contributed by atoms with E-state index >= 15 is 0 Å². The smallest absolute Gasteiger partial charge is 0.338 e. The highest BCUT2D eigenvalue weighted by Gasteiger charge is 2.20. The van der Waals surface area contributed by atoms with Gasteiger partial charge in [-0.1, -0.05) is 13.8 Å². The first-order valence-electron chi connectivity index (χ1n) is 5.83. The number of carboxylic acid groups (broad SMARTS) is 1. The molecule has 1 N–H and O–H groups in total. The van der Waals surface area contributed by atoms with Crippen molar-refractivity contribution < 1.29 is 19.1 Å². The monoisotopic (exact) mass is 281 g/mol. The van der Waals surface area contributed by atoms with Crippen molar-refractivity contribution in [3.63, 3.8) is 0 Å². The lowest BCUT2D eigenvalue weighted by Gasteiger charge is -2.15. The number of furan rings is 1. The van der Waals surface area contributed by atoms with Gasteiger partial charge in [-0.15, -0.1) is 11.3 Å². The number of hydrogen-bond acceptors (Lipinski definition) is 5. The van der Waals surface area contributed by atoms with E-state index in [1.165, 1.54) is 23.7 Å². The standard InChI is InChI=1S/C13H15NO4S/c1-7(2)11(17-3)12-14-9(6-19-12)10-4-8(5-18-10)13(15)16/h4-7,11H,1-3H3,(H,15,16). The average molecular weight is 281 g/mol. The third kappa shape index (κ3) is 2.85. The van der Waals surface area contributed by atoms with E-state index in [0.29, 0.717) is 17.4 Å². The van der Waals surface area contributed by atoms with Crippen LogP contribution in [0.5, 0.6) is 0 Å². The molecule has 0 aliphatic carbocycles. The average Bonchev–Trinajstić information content (AvgIpc) is 2.96. The second-order valence-electron chi connectivity index (χ2n) is 4.48. The van der Waals surface area contributed by atoms with Crippen LogP contribution in [0.25, 0.3) is 11.5 Å². The van der Waals surface area contributed by atoms with Crippen molar-refractivity contribution in [2.45, 2.75) is 20.0 Å². The predicted molar refractivity (Wildman–Crippen MR) is 71.4 cm³/mol. The van der Waals surface area contributed by atoms with Crippen molar-refractivity contribution in [1.82, 2.24) is 4.98 Å². The minimum absolute atomic E-state index is 0.0624. The molecule has 2 heterocycles. The van der Waals surface area contributed by atoms with E-state index in [1.54, 1.807) is 7.11 Å². The van der Waals surface area contributed by atoms with Gasteiger partial charge >= 0.3 is 5.97 Å². The van der Waals surface area contributed by atoms with Gasteiger partial charge < -0.3 is 14.3 Å². The zero-order valence-electron chi connectivity index (χ0n) is 10.9. The van der Waals surface area contributed by atoms with Crippen molar-refractivity contribution in [3.8, 4) is 11.5 Å². The Kier molecular flexibility index (Phi) is 4.01. The van der Waals surface area contributed by atoms with Gasteiger partial charge in [-0.3, -0.25) is 0 Å². The number of hydrogen-bond donors (Lipinski definition) is 1. The summed E-state index contributed by atoms with van der Waals surface area (Å²) in [6, 6.07) is 1.47. The number of rotatable bonds is 5. The minimum atomic E-state index is -1.01. The molecular weight excluding hydrogens is 266 g/mol. The van der Waals surface area contributed by atoms with Crippen LogP contribution in [0.15, 0.2) is 22.1 Å². The third-order valence-electron chi connectivity index (χ3n) is 2.72. The van der Waals surface area contributed by atoms with Gasteiger partial charge in [0.05, 0.1) is 5.56 Å². The summed E-state index contributed by atoms with van der Waals surface area (Å²) in [5, 5.41) is 11.6. The van der Waals surface area contributed by atoms with Crippen LogP contribution in [0.4, 0.5) is 0 Å². The molecule has 0 radical (unpaired) electrons. The Morgan fingerprint density at radius 2 is 2.26 bits per heavy atom. The first-order valence-corrected chi connectivity index (χ1v) is 6.71. The van der Waals surface area contributed by atoms with Crippen LogP contribution < -0.4 is 0 Å². The van der Waals surface area contributed by atoms with Crippen LogP contribution in [0.3, 0.4) is 0 Å². The largest absolute Gasteiger partial charge is 0.478 e. The zero-order valence-corrected chi connectivity index (χ0v) is 11.7. The lowest BCUT2D eigenvalue weighted by atomic mass is 10.1. The maximum Gasteiger partial charge on any atom is 0.338 e. The molecule has 102 valence electrons. The Morgan fingerprint density at radius 1 is 1.53 bits per heavy atom. The fraction of sp³-hybridized carbons (Fsp3) is 0.385. The molecule has 0 saturated carbocycles. The number of thiazole rings is 1. The number of methoxy groups -OCH3 is 1. The number of nitrogens with zero attached hydrogens (tertiary/aromatic N) is 1. The summed E-state index contributed by atoms with van der Waals surface area (Å²) in [6.45, 7) is 4.12. The summed E-state index contributed by atoms with van der Waals surface area (Å²) < 4.78 is 10.6. The van der Waals surface area contributed by atoms with Gasteiger partial charge in [0.1, 0.15) is 23.1 Å². The Bertz CT molecular complexity index is 573. The molecule has 0 spiro atoms. The first kappa shape index (κ1) is 13.8. The highest BCUT2D eigenvalue weighted by atomic mass is 32.1. The molecular formula is C13H15NO4S. The lowest BCUT2D eigenvalue weighted by Crippen LogP contribution is -2.08. The van der Waals surface area contributed by atoms with Gasteiger partial charge in [-0.2, -0.15) is 0 Å². The molecule has 2 aromatic heterocycles. The SMILES string of the molecule is COC(c1nc(-c2cc(C(=O)O)co2)cs1)C(C)C. The quantitative estimate of drug-likeness (QED) is 0.908. The van der Waals surface area contributed by atoms with E-state index in [9.17, 15) is 4.79 Å². The van der Waals surface area contributed by atoms with Crippen LogP contribution in [-0.2, 0) is 4.74 Å². The van der Waals surface area contributed by atoms with E-state index in [1.807, 2.05) is 5.38 Å². The molecule has 0 saturated heterocycles. The number of aromatic carboxylic acids is 1. The number of ether oxygens (including phenoxy) is 1. The summed E-state index contributed by atoms with van der Waals surface area (Å²) >= 11 is 1.48. The van der Waals surface area contributed by atoms with Crippen LogP contribution in [-0.4, -0.2) is 23.2 Å². The fourth-order valence-electron chi connectivity index (χ4n) is 1.77. The Hall–Kier alpha value is -1.66. The van der Waals surface area contributed by atoms with Crippen LogP contribution in [0, 0.1) is 5.92 Å². The molecule has 1 atom stereocenters. The first-order chi connectivity index (χ1) is 9.02. The molecule has 0 fully saturated rings. The van der Waals surface area contributed by atoms with Crippen LogP contribution >= 0.6 is 11.3 Å². The number of aromatic nitrogens is 1. The lowest BCUT2D eigenvalue weighted by molar-refractivity contribution is 0.0645. The van der Waals surface area contributed by atoms with Gasteiger partial charge in [0.15, 0.2) is 5.76 Å². The van der Waals surface area contributed by atoms with Gasteiger partial charge in [-0.05, 0) is 5.92 Å². The van der Waals surface area contributed by atoms with E-state index in [4.69, 9.17) is 14.3 Å². The van der Waals surface area contributed by atoms with Crippen LogP contribution in [0.1, 0.15) is 35.3 Å². The van der Waals surface area contributed by atoms with E-state index in [0.717, 1.165) is 5.01 Å². The Balaban J connectivity index is 2.27. The van der Waals surface area contributed by atoms with Crippen molar-refractivity contribution >= 4 is 17.3 Å². The van der Waals surface area contributed by atoms with Gasteiger partial charge in [0.25, 0.3) is 0 Å². The van der Waals surface area contributed by atoms with Crippen molar-refractivity contribution in [3.05, 3.63) is 28.3 Å². The molecule has 5 nitrogen and oxygen atoms in total. The maximum atomic E-state index is 10.8. The number of carboxylic acids is 1. The molecule has 0 aromatic carbocycles. The second kappa shape index (κ2) is 5.54. The summed E-state index contributed by atoms with van der Waals surface area (Å²) in [7, 11) is 1.65. The zero-order chi connectivity index (χ0) is 14.0. The van der Waals surface area contributed by atoms with Crippen molar-refractivity contribution in [2.75, 3.05) is 7.11 Å². The van der Waals surface area contributed by atoms with Crippen LogP contribution in [0.2, 0.25) is 0 Å². The van der Waals surface area contributed by atoms with Gasteiger partial charge in [-0.25, -0.2) is 9.78 Å². The Morgan fingerprint density at radius 3 is 2.79 bits per heavy atom. The van der Waals surface area contributed by atoms with E-state index in [2.05, 4.69) is 18.8 Å². The molecule has 1 unspecified atom stereocenters. The molecule has 2 rings (SSSR count). The minimum Gasteiger partial charge on any atom is -0.478 e. The summed E-state index contributed by atoms with van der Waals surface area (Å²) in [4.78, 5) is 15.2. The summed E-state index contributed by atoms with van der Waals surface area (Å²) in [5.41, 5.74) is 0.756. The highest BCUT2D eigenvalue weighted by molar-refractivity contribution is 7.10. The maximum absolute atomic E-state index is 10.8. The third-order valence-corrected chi connectivity index (χ3v) is 3.63. The molecule has 2 aromatic rings. The normalized spacial score (nSPS) is 12.8.